The zero-order valence-corrected chi connectivity index (χ0v) is 15.2. The van der Waals surface area contributed by atoms with Crippen LogP contribution in [0.3, 0.4) is 0 Å². The van der Waals surface area contributed by atoms with E-state index in [9.17, 15) is 4.79 Å². The summed E-state index contributed by atoms with van der Waals surface area (Å²) in [5, 5.41) is 6.52. The Morgan fingerprint density at radius 3 is 2.54 bits per heavy atom. The zero-order chi connectivity index (χ0) is 17.9. The smallest absolute Gasteiger partial charge is 0.270 e. The number of aryl methyl sites for hydroxylation is 2. The van der Waals surface area contributed by atoms with Gasteiger partial charge in [0, 0.05) is 22.8 Å². The second-order valence-corrected chi connectivity index (χ2v) is 6.18. The maximum Gasteiger partial charge on any atom is 0.270 e. The number of ether oxygens (including phenoxy) is 1. The van der Waals surface area contributed by atoms with Gasteiger partial charge in [0.15, 0.2) is 0 Å². The van der Waals surface area contributed by atoms with E-state index in [1.807, 2.05) is 33.8 Å². The van der Waals surface area contributed by atoms with Gasteiger partial charge in [-0.05, 0) is 45.4 Å². The van der Waals surface area contributed by atoms with Crippen LogP contribution in [0.5, 0.6) is 5.75 Å². The molecule has 0 saturated heterocycles. The molecule has 0 saturated carbocycles. The highest BCUT2D eigenvalue weighted by atomic mass is 35.5. The van der Waals surface area contributed by atoms with Crippen LogP contribution in [0.4, 0.5) is 11.6 Å². The monoisotopic (exact) mass is 348 g/mol. The van der Waals surface area contributed by atoms with Crippen molar-refractivity contribution in [2.75, 3.05) is 12.4 Å². The molecule has 2 N–H and O–H groups in total. The number of benzene rings is 1. The lowest BCUT2D eigenvalue weighted by Gasteiger charge is -2.13. The first-order valence-electron chi connectivity index (χ1n) is 7.58. The molecular formula is C17H21ClN4O2. The number of hydrogen-bond acceptors (Lipinski definition) is 5. The van der Waals surface area contributed by atoms with Gasteiger partial charge in [-0.1, -0.05) is 11.6 Å². The standard InChI is InChI=1S/C17H21ClN4O2/c1-9(2)19-16(23)14-7-11(4)20-17(22-14)21-13-6-10(3)12(18)8-15(13)24-5/h6-9H,1-5H3,(H,19,23)(H,20,21,22). The van der Waals surface area contributed by atoms with E-state index < -0.39 is 0 Å². The van der Waals surface area contributed by atoms with Crippen LogP contribution in [0.25, 0.3) is 0 Å². The lowest BCUT2D eigenvalue weighted by Crippen LogP contribution is -2.31. The summed E-state index contributed by atoms with van der Waals surface area (Å²) >= 11 is 6.12. The highest BCUT2D eigenvalue weighted by molar-refractivity contribution is 6.31. The summed E-state index contributed by atoms with van der Waals surface area (Å²) < 4.78 is 5.33. The molecule has 128 valence electrons. The molecule has 7 heteroatoms. The normalized spacial score (nSPS) is 10.6. The number of carbonyl (C=O) groups excluding carboxylic acids is 1. The number of rotatable bonds is 5. The summed E-state index contributed by atoms with van der Waals surface area (Å²) in [4.78, 5) is 20.8. The first-order valence-corrected chi connectivity index (χ1v) is 7.95. The number of halogens is 1. The van der Waals surface area contributed by atoms with Crippen LogP contribution in [0.15, 0.2) is 18.2 Å². The fraction of sp³-hybridized carbons (Fsp3) is 0.353. The molecule has 0 unspecified atom stereocenters. The fourth-order valence-corrected chi connectivity index (χ4v) is 2.28. The Bertz CT molecular complexity index is 762. The van der Waals surface area contributed by atoms with E-state index in [2.05, 4.69) is 20.6 Å². The Balaban J connectivity index is 2.35. The van der Waals surface area contributed by atoms with Crippen molar-refractivity contribution in [1.82, 2.24) is 15.3 Å². The molecule has 0 atom stereocenters. The Morgan fingerprint density at radius 2 is 1.92 bits per heavy atom. The Kier molecular flexibility index (Phi) is 5.62. The Hall–Kier alpha value is -2.34. The molecular weight excluding hydrogens is 328 g/mol. The first kappa shape index (κ1) is 18.0. The van der Waals surface area contributed by atoms with E-state index in [0.717, 1.165) is 5.56 Å². The van der Waals surface area contributed by atoms with Crippen molar-refractivity contribution in [2.45, 2.75) is 33.7 Å². The summed E-state index contributed by atoms with van der Waals surface area (Å²) in [5.41, 5.74) is 2.57. The number of anilines is 2. The van der Waals surface area contributed by atoms with E-state index in [1.54, 1.807) is 19.2 Å². The Morgan fingerprint density at radius 1 is 1.21 bits per heavy atom. The van der Waals surface area contributed by atoms with Crippen molar-refractivity contribution in [3.8, 4) is 5.75 Å². The van der Waals surface area contributed by atoms with E-state index >= 15 is 0 Å². The third-order valence-corrected chi connectivity index (χ3v) is 3.64. The minimum absolute atomic E-state index is 0.0307. The SMILES string of the molecule is COc1cc(Cl)c(C)cc1Nc1nc(C)cc(C(=O)NC(C)C)n1. The van der Waals surface area contributed by atoms with Crippen LogP contribution in [-0.2, 0) is 0 Å². The predicted octanol–water partition coefficient (Wildman–Crippen LogP) is 3.64. The van der Waals surface area contributed by atoms with Gasteiger partial charge < -0.3 is 15.4 Å². The van der Waals surface area contributed by atoms with Crippen LogP contribution in [-0.4, -0.2) is 29.0 Å². The summed E-state index contributed by atoms with van der Waals surface area (Å²) in [6.07, 6.45) is 0. The maximum atomic E-state index is 12.2. The minimum Gasteiger partial charge on any atom is -0.495 e. The Labute approximate surface area is 146 Å². The molecule has 1 amide bonds. The number of nitrogens with zero attached hydrogens (tertiary/aromatic N) is 2. The molecule has 0 radical (unpaired) electrons. The summed E-state index contributed by atoms with van der Waals surface area (Å²) in [6, 6.07) is 5.25. The number of amides is 1. The van der Waals surface area contributed by atoms with Crippen LogP contribution < -0.4 is 15.4 Å². The molecule has 6 nitrogen and oxygen atoms in total. The summed E-state index contributed by atoms with van der Waals surface area (Å²) in [7, 11) is 1.56. The molecule has 0 aliphatic rings. The maximum absolute atomic E-state index is 12.2. The fourth-order valence-electron chi connectivity index (χ4n) is 2.13. The number of methoxy groups -OCH3 is 1. The quantitative estimate of drug-likeness (QED) is 0.862. The number of nitrogens with one attached hydrogen (secondary N) is 2. The minimum atomic E-state index is -0.238. The average Bonchev–Trinajstić information content (AvgIpc) is 2.49. The highest BCUT2D eigenvalue weighted by Crippen LogP contribution is 2.32. The largest absolute Gasteiger partial charge is 0.495 e. The van der Waals surface area contributed by atoms with Gasteiger partial charge in [0.1, 0.15) is 11.4 Å². The molecule has 24 heavy (non-hydrogen) atoms. The number of hydrogen-bond donors (Lipinski definition) is 2. The van der Waals surface area contributed by atoms with Gasteiger partial charge in [0.25, 0.3) is 5.91 Å². The molecule has 0 aliphatic carbocycles. The van der Waals surface area contributed by atoms with Crippen molar-refractivity contribution in [2.24, 2.45) is 0 Å². The van der Waals surface area contributed by atoms with E-state index in [4.69, 9.17) is 16.3 Å². The van der Waals surface area contributed by atoms with E-state index in [1.165, 1.54) is 0 Å². The average molecular weight is 349 g/mol. The van der Waals surface area contributed by atoms with Crippen molar-refractivity contribution in [3.05, 3.63) is 40.2 Å². The van der Waals surface area contributed by atoms with Crippen molar-refractivity contribution >= 4 is 29.1 Å². The van der Waals surface area contributed by atoms with Gasteiger partial charge in [-0.25, -0.2) is 9.97 Å². The van der Waals surface area contributed by atoms with Gasteiger partial charge in [-0.15, -0.1) is 0 Å². The van der Waals surface area contributed by atoms with Crippen molar-refractivity contribution in [1.29, 1.82) is 0 Å². The molecule has 1 heterocycles. The highest BCUT2D eigenvalue weighted by Gasteiger charge is 2.13. The van der Waals surface area contributed by atoms with Crippen LogP contribution in [0.1, 0.15) is 35.6 Å². The van der Waals surface area contributed by atoms with Crippen LogP contribution in [0.2, 0.25) is 5.02 Å². The predicted molar refractivity (Wildman–Crippen MR) is 95.4 cm³/mol. The third kappa shape index (κ3) is 4.35. The molecule has 0 bridgehead atoms. The van der Waals surface area contributed by atoms with E-state index in [-0.39, 0.29) is 11.9 Å². The first-order chi connectivity index (χ1) is 11.3. The molecule has 0 spiro atoms. The zero-order valence-electron chi connectivity index (χ0n) is 14.4. The van der Waals surface area contributed by atoms with E-state index in [0.29, 0.717) is 33.8 Å². The topological polar surface area (TPSA) is 76.1 Å². The van der Waals surface area contributed by atoms with Gasteiger partial charge in [0.2, 0.25) is 5.95 Å². The lowest BCUT2D eigenvalue weighted by atomic mass is 10.2. The molecule has 0 fully saturated rings. The lowest BCUT2D eigenvalue weighted by molar-refractivity contribution is 0.0938. The number of carbonyl (C=O) groups is 1. The third-order valence-electron chi connectivity index (χ3n) is 3.23. The molecule has 2 rings (SSSR count). The van der Waals surface area contributed by atoms with Crippen molar-refractivity contribution in [3.63, 3.8) is 0 Å². The van der Waals surface area contributed by atoms with Gasteiger partial charge in [-0.2, -0.15) is 0 Å². The number of aromatic nitrogens is 2. The molecule has 0 aliphatic heterocycles. The second kappa shape index (κ2) is 7.49. The van der Waals surface area contributed by atoms with Gasteiger partial charge in [0.05, 0.1) is 12.8 Å². The molecule has 2 aromatic rings. The summed E-state index contributed by atoms with van der Waals surface area (Å²) in [5.74, 6) is 0.658. The molecule has 1 aromatic carbocycles. The van der Waals surface area contributed by atoms with Gasteiger partial charge >= 0.3 is 0 Å². The van der Waals surface area contributed by atoms with Crippen LogP contribution in [0, 0.1) is 13.8 Å². The van der Waals surface area contributed by atoms with Crippen molar-refractivity contribution < 1.29 is 9.53 Å². The molecule has 1 aromatic heterocycles. The second-order valence-electron chi connectivity index (χ2n) is 5.77. The van der Waals surface area contributed by atoms with Gasteiger partial charge in [-0.3, -0.25) is 4.79 Å². The van der Waals surface area contributed by atoms with Crippen LogP contribution >= 0.6 is 11.6 Å². The summed E-state index contributed by atoms with van der Waals surface area (Å²) in [6.45, 7) is 7.49.